The van der Waals surface area contributed by atoms with Gasteiger partial charge in [-0.15, -0.1) is 0 Å². The number of aliphatic carboxylic acids is 1. The maximum absolute atomic E-state index is 12.7. The van der Waals surface area contributed by atoms with Crippen molar-refractivity contribution >= 4 is 23.6 Å². The van der Waals surface area contributed by atoms with E-state index in [2.05, 4.69) is 4.98 Å². The van der Waals surface area contributed by atoms with Crippen molar-refractivity contribution in [2.75, 3.05) is 26.2 Å². The standard InChI is InChI=1S/C22H25N5O5/c23-20(24)15-4-6-17(7-5-15)32-12-2-9-26-10-11-27(22(31)21(26)30)18(13-19(28)29)16-3-1-8-25-14-16/h1,3-8,14,18H,2,9-13H2,(H3,23,24)(H,28,29). The third kappa shape index (κ3) is 5.60. The fourth-order valence-electron chi connectivity index (χ4n) is 3.52. The summed E-state index contributed by atoms with van der Waals surface area (Å²) in [6, 6.07) is 9.42. The summed E-state index contributed by atoms with van der Waals surface area (Å²) in [4.78, 5) is 43.5. The molecule has 0 spiro atoms. The summed E-state index contributed by atoms with van der Waals surface area (Å²) in [5.74, 6) is -1.83. The Labute approximate surface area is 185 Å². The molecule has 32 heavy (non-hydrogen) atoms. The lowest BCUT2D eigenvalue weighted by molar-refractivity contribution is -0.159. The van der Waals surface area contributed by atoms with Crippen molar-refractivity contribution in [3.8, 4) is 5.75 Å². The number of carbonyl (C=O) groups is 3. The molecule has 1 fully saturated rings. The molecule has 2 amide bonds. The molecule has 1 saturated heterocycles. The number of ether oxygens (including phenoxy) is 1. The monoisotopic (exact) mass is 439 g/mol. The lowest BCUT2D eigenvalue weighted by Gasteiger charge is -2.38. The van der Waals surface area contributed by atoms with Crippen LogP contribution < -0.4 is 10.5 Å². The maximum Gasteiger partial charge on any atom is 0.312 e. The van der Waals surface area contributed by atoms with Crippen LogP contribution in [0.25, 0.3) is 0 Å². The van der Waals surface area contributed by atoms with Gasteiger partial charge in [-0.3, -0.25) is 24.8 Å². The number of nitrogens with two attached hydrogens (primary N) is 1. The van der Waals surface area contributed by atoms with E-state index < -0.39 is 23.8 Å². The number of pyridine rings is 1. The molecule has 1 aromatic carbocycles. The van der Waals surface area contributed by atoms with Crippen LogP contribution in [0.3, 0.4) is 0 Å². The van der Waals surface area contributed by atoms with Gasteiger partial charge in [0.25, 0.3) is 0 Å². The third-order valence-corrected chi connectivity index (χ3v) is 5.16. The van der Waals surface area contributed by atoms with E-state index in [1.54, 1.807) is 42.6 Å². The Morgan fingerprint density at radius 3 is 2.56 bits per heavy atom. The minimum absolute atomic E-state index is 0.0204. The van der Waals surface area contributed by atoms with Crippen molar-refractivity contribution in [3.05, 3.63) is 59.9 Å². The van der Waals surface area contributed by atoms with Crippen LogP contribution in [-0.2, 0) is 14.4 Å². The van der Waals surface area contributed by atoms with Crippen molar-refractivity contribution in [2.45, 2.75) is 18.9 Å². The molecule has 10 heteroatoms. The van der Waals surface area contributed by atoms with E-state index >= 15 is 0 Å². The molecule has 0 saturated carbocycles. The number of amides is 2. The summed E-state index contributed by atoms with van der Waals surface area (Å²) >= 11 is 0. The number of carboxylic acids is 1. The minimum atomic E-state index is -1.06. The predicted octanol–water partition coefficient (Wildman–Crippen LogP) is 1.02. The molecular formula is C22H25N5O5. The number of piperazine rings is 1. The minimum Gasteiger partial charge on any atom is -0.494 e. The zero-order valence-electron chi connectivity index (χ0n) is 17.4. The largest absolute Gasteiger partial charge is 0.494 e. The fourth-order valence-corrected chi connectivity index (χ4v) is 3.52. The van der Waals surface area contributed by atoms with Gasteiger partial charge in [-0.05, 0) is 42.3 Å². The Balaban J connectivity index is 1.53. The van der Waals surface area contributed by atoms with E-state index in [0.717, 1.165) is 0 Å². The highest BCUT2D eigenvalue weighted by atomic mass is 16.5. The zero-order valence-corrected chi connectivity index (χ0v) is 17.4. The first kappa shape index (κ1) is 22.7. The summed E-state index contributed by atoms with van der Waals surface area (Å²) < 4.78 is 5.64. The molecule has 1 aromatic heterocycles. The molecule has 4 N–H and O–H groups in total. The molecule has 1 aliphatic rings. The van der Waals surface area contributed by atoms with Gasteiger partial charge < -0.3 is 25.4 Å². The van der Waals surface area contributed by atoms with Crippen LogP contribution >= 0.6 is 0 Å². The summed E-state index contributed by atoms with van der Waals surface area (Å²) in [6.45, 7) is 1.25. The number of carbonyl (C=O) groups excluding carboxylic acids is 2. The molecule has 10 nitrogen and oxygen atoms in total. The second-order valence-corrected chi connectivity index (χ2v) is 7.33. The van der Waals surface area contributed by atoms with E-state index in [0.29, 0.717) is 43.0 Å². The number of carboxylic acid groups (broad SMARTS) is 1. The van der Waals surface area contributed by atoms with Crippen LogP contribution in [0.2, 0.25) is 0 Å². The first-order valence-electron chi connectivity index (χ1n) is 10.2. The van der Waals surface area contributed by atoms with Gasteiger partial charge in [0, 0.05) is 37.6 Å². The zero-order chi connectivity index (χ0) is 23.1. The van der Waals surface area contributed by atoms with E-state index in [1.807, 2.05) is 0 Å². The quantitative estimate of drug-likeness (QED) is 0.216. The van der Waals surface area contributed by atoms with E-state index in [4.69, 9.17) is 15.9 Å². The van der Waals surface area contributed by atoms with Gasteiger partial charge in [-0.2, -0.15) is 0 Å². The Morgan fingerprint density at radius 2 is 1.94 bits per heavy atom. The number of nitrogens with zero attached hydrogens (tertiary/aromatic N) is 3. The number of hydrogen-bond donors (Lipinski definition) is 3. The molecular weight excluding hydrogens is 414 g/mol. The molecule has 1 aliphatic heterocycles. The number of benzene rings is 1. The number of amidine groups is 1. The highest BCUT2D eigenvalue weighted by molar-refractivity contribution is 6.35. The van der Waals surface area contributed by atoms with E-state index in [-0.39, 0.29) is 18.8 Å². The van der Waals surface area contributed by atoms with Crippen LogP contribution in [0.5, 0.6) is 5.75 Å². The average Bonchev–Trinajstić information content (AvgIpc) is 2.79. The summed E-state index contributed by atoms with van der Waals surface area (Å²) in [7, 11) is 0. The maximum atomic E-state index is 12.7. The number of hydrogen-bond acceptors (Lipinski definition) is 6. The Hall–Kier alpha value is -3.95. The molecule has 2 aromatic rings. The second kappa shape index (κ2) is 10.4. The molecule has 0 bridgehead atoms. The topological polar surface area (TPSA) is 150 Å². The van der Waals surface area contributed by atoms with Crippen molar-refractivity contribution in [1.82, 2.24) is 14.8 Å². The molecule has 0 radical (unpaired) electrons. The fraction of sp³-hybridized carbons (Fsp3) is 0.318. The average molecular weight is 439 g/mol. The van der Waals surface area contributed by atoms with Crippen LogP contribution in [0.1, 0.15) is 30.0 Å². The highest BCUT2D eigenvalue weighted by Crippen LogP contribution is 2.26. The lowest BCUT2D eigenvalue weighted by Crippen LogP contribution is -2.55. The van der Waals surface area contributed by atoms with Crippen LogP contribution in [0.4, 0.5) is 0 Å². The molecule has 0 aliphatic carbocycles. The molecule has 1 unspecified atom stereocenters. The van der Waals surface area contributed by atoms with Crippen molar-refractivity contribution in [2.24, 2.45) is 5.73 Å². The predicted molar refractivity (Wildman–Crippen MR) is 115 cm³/mol. The van der Waals surface area contributed by atoms with Gasteiger partial charge in [-0.25, -0.2) is 0 Å². The molecule has 2 heterocycles. The first-order chi connectivity index (χ1) is 15.4. The van der Waals surface area contributed by atoms with Gasteiger partial charge in [0.1, 0.15) is 11.6 Å². The number of aromatic nitrogens is 1. The van der Waals surface area contributed by atoms with Gasteiger partial charge in [-0.1, -0.05) is 6.07 Å². The van der Waals surface area contributed by atoms with Crippen molar-refractivity contribution < 1.29 is 24.2 Å². The van der Waals surface area contributed by atoms with Crippen molar-refractivity contribution in [3.63, 3.8) is 0 Å². The lowest BCUT2D eigenvalue weighted by atomic mass is 10.0. The normalized spacial score (nSPS) is 14.9. The first-order valence-corrected chi connectivity index (χ1v) is 10.2. The van der Waals surface area contributed by atoms with E-state index in [1.165, 1.54) is 16.0 Å². The van der Waals surface area contributed by atoms with Gasteiger partial charge in [0.2, 0.25) is 0 Å². The van der Waals surface area contributed by atoms with Crippen LogP contribution in [0, 0.1) is 5.41 Å². The van der Waals surface area contributed by atoms with Gasteiger partial charge in [0.05, 0.1) is 19.1 Å². The number of nitrogen functional groups attached to an aromatic ring is 1. The number of nitrogens with one attached hydrogen (secondary N) is 1. The Bertz CT molecular complexity index is 980. The summed E-state index contributed by atoms with van der Waals surface area (Å²) in [5, 5.41) is 16.7. The smallest absolute Gasteiger partial charge is 0.312 e. The van der Waals surface area contributed by atoms with Crippen LogP contribution in [-0.4, -0.2) is 69.8 Å². The Morgan fingerprint density at radius 1 is 1.19 bits per heavy atom. The Kier molecular flexibility index (Phi) is 7.37. The summed E-state index contributed by atoms with van der Waals surface area (Å²) in [6.07, 6.45) is 3.29. The van der Waals surface area contributed by atoms with E-state index in [9.17, 15) is 19.5 Å². The second-order valence-electron chi connectivity index (χ2n) is 7.33. The number of rotatable bonds is 10. The molecule has 1 atom stereocenters. The van der Waals surface area contributed by atoms with Gasteiger partial charge >= 0.3 is 17.8 Å². The van der Waals surface area contributed by atoms with Crippen LogP contribution in [0.15, 0.2) is 48.8 Å². The third-order valence-electron chi connectivity index (χ3n) is 5.16. The SMILES string of the molecule is N=C(N)c1ccc(OCCCN2CCN(C(CC(=O)O)c3cccnc3)C(=O)C2=O)cc1. The summed E-state index contributed by atoms with van der Waals surface area (Å²) in [5.41, 5.74) is 6.60. The molecule has 3 rings (SSSR count). The van der Waals surface area contributed by atoms with Gasteiger partial charge in [0.15, 0.2) is 0 Å². The highest BCUT2D eigenvalue weighted by Gasteiger charge is 2.37. The van der Waals surface area contributed by atoms with Crippen molar-refractivity contribution in [1.29, 1.82) is 5.41 Å². The molecule has 168 valence electrons.